The lowest BCUT2D eigenvalue weighted by atomic mass is 9.82. The number of hydrogen-bond donors (Lipinski definition) is 0. The van der Waals surface area contributed by atoms with Gasteiger partial charge in [-0.1, -0.05) is 37.3 Å². The first kappa shape index (κ1) is 29.6. The molecule has 2 amide bonds. The minimum Gasteiger partial charge on any atom is -0.343 e. The van der Waals surface area contributed by atoms with E-state index in [0.29, 0.717) is 30.0 Å². The largest absolute Gasteiger partial charge is 0.343 e. The summed E-state index contributed by atoms with van der Waals surface area (Å²) in [5, 5.41) is 0. The lowest BCUT2D eigenvalue weighted by Crippen LogP contribution is -2.63. The highest BCUT2D eigenvalue weighted by Gasteiger charge is 2.43. The summed E-state index contributed by atoms with van der Waals surface area (Å²) in [4.78, 5) is 43.7. The van der Waals surface area contributed by atoms with Crippen molar-refractivity contribution in [3.8, 4) is 0 Å². The molecule has 0 radical (unpaired) electrons. The number of aryl methyl sites for hydroxylation is 2. The van der Waals surface area contributed by atoms with Gasteiger partial charge < -0.3 is 9.80 Å². The number of nitrogens with zero attached hydrogens (tertiary/aromatic N) is 6. The molecule has 2 aromatic rings. The van der Waals surface area contributed by atoms with E-state index in [2.05, 4.69) is 68.8 Å². The zero-order chi connectivity index (χ0) is 29.1. The Hall–Kier alpha value is -2.84. The number of hydrogen-bond acceptors (Lipinski definition) is 6. The molecule has 0 N–H and O–H groups in total. The average molecular weight is 561 g/mol. The number of benzene rings is 1. The van der Waals surface area contributed by atoms with Gasteiger partial charge in [-0.25, -0.2) is 9.97 Å². The molecule has 0 bridgehead atoms. The van der Waals surface area contributed by atoms with E-state index in [1.807, 2.05) is 25.7 Å². The topological polar surface area (TPSA) is 72.9 Å². The van der Waals surface area contributed by atoms with Crippen molar-refractivity contribution in [1.29, 1.82) is 0 Å². The molecule has 222 valence electrons. The molecule has 0 aliphatic carbocycles. The van der Waals surface area contributed by atoms with Gasteiger partial charge in [-0.05, 0) is 64.9 Å². The molecule has 8 nitrogen and oxygen atoms in total. The van der Waals surface area contributed by atoms with Crippen LogP contribution in [0.5, 0.6) is 0 Å². The fraction of sp³-hybridized carbons (Fsp3) is 0.636. The van der Waals surface area contributed by atoms with E-state index >= 15 is 0 Å². The fourth-order valence-corrected chi connectivity index (χ4v) is 7.52. The van der Waals surface area contributed by atoms with Crippen molar-refractivity contribution in [2.45, 2.75) is 84.3 Å². The van der Waals surface area contributed by atoms with E-state index in [1.165, 1.54) is 11.9 Å². The van der Waals surface area contributed by atoms with Crippen LogP contribution in [0.2, 0.25) is 0 Å². The van der Waals surface area contributed by atoms with Crippen LogP contribution in [0.4, 0.5) is 0 Å². The molecule has 0 spiro atoms. The molecule has 0 saturated carbocycles. The van der Waals surface area contributed by atoms with Crippen LogP contribution in [-0.2, 0) is 4.79 Å². The Kier molecular flexibility index (Phi) is 9.09. The second kappa shape index (κ2) is 12.6. The van der Waals surface area contributed by atoms with Crippen LogP contribution < -0.4 is 0 Å². The van der Waals surface area contributed by atoms with Crippen molar-refractivity contribution in [2.75, 3.05) is 45.8 Å². The molecule has 3 aliphatic heterocycles. The summed E-state index contributed by atoms with van der Waals surface area (Å²) in [6.07, 6.45) is 6.20. The summed E-state index contributed by atoms with van der Waals surface area (Å²) >= 11 is 0. The third-order valence-corrected chi connectivity index (χ3v) is 10.2. The van der Waals surface area contributed by atoms with Crippen LogP contribution in [0.25, 0.3) is 0 Å². The SMILES string of the molecule is CCC(=O)N1CCC([C@@H](c2ccccc2)N2CCN(C3(C)CCN(C(=O)c4c(C)ncnc4C)CC3)C[C@@H]2C)CC1. The number of likely N-dealkylation sites (tertiary alicyclic amines) is 2. The van der Waals surface area contributed by atoms with E-state index in [9.17, 15) is 9.59 Å². The van der Waals surface area contributed by atoms with Gasteiger partial charge in [0, 0.05) is 69.9 Å². The zero-order valence-corrected chi connectivity index (χ0v) is 25.7. The quantitative estimate of drug-likeness (QED) is 0.519. The molecular weight excluding hydrogens is 512 g/mol. The third kappa shape index (κ3) is 6.19. The second-order valence-electron chi connectivity index (χ2n) is 12.7. The lowest BCUT2D eigenvalue weighted by molar-refractivity contribution is -0.132. The highest BCUT2D eigenvalue weighted by Crippen LogP contribution is 2.39. The minimum absolute atomic E-state index is 0.0678. The van der Waals surface area contributed by atoms with Gasteiger partial charge in [0.05, 0.1) is 17.0 Å². The molecule has 41 heavy (non-hydrogen) atoms. The Balaban J connectivity index is 1.24. The van der Waals surface area contributed by atoms with Crippen molar-refractivity contribution in [3.63, 3.8) is 0 Å². The molecule has 3 aliphatic rings. The van der Waals surface area contributed by atoms with Gasteiger partial charge in [0.15, 0.2) is 0 Å². The molecule has 3 saturated heterocycles. The molecule has 0 unspecified atom stereocenters. The van der Waals surface area contributed by atoms with E-state index in [0.717, 1.165) is 82.9 Å². The predicted molar refractivity (Wildman–Crippen MR) is 162 cm³/mol. The van der Waals surface area contributed by atoms with Crippen LogP contribution >= 0.6 is 0 Å². The van der Waals surface area contributed by atoms with E-state index in [-0.39, 0.29) is 17.4 Å². The van der Waals surface area contributed by atoms with E-state index in [4.69, 9.17) is 0 Å². The number of aromatic nitrogens is 2. The molecule has 8 heteroatoms. The van der Waals surface area contributed by atoms with Gasteiger partial charge in [0.2, 0.25) is 5.91 Å². The van der Waals surface area contributed by atoms with Crippen molar-refractivity contribution >= 4 is 11.8 Å². The maximum atomic E-state index is 13.4. The summed E-state index contributed by atoms with van der Waals surface area (Å²) in [7, 11) is 0. The Bertz CT molecular complexity index is 1180. The summed E-state index contributed by atoms with van der Waals surface area (Å²) in [6.45, 7) is 16.9. The standard InChI is InChI=1S/C33H48N6O2/c1-6-29(40)36-16-12-28(13-17-36)31(27-10-8-7-9-11-27)39-21-20-38(22-24(39)2)33(5)14-18-37(19-15-33)32(41)30-25(3)34-23-35-26(30)4/h7-11,23-24,28,31H,6,12-22H2,1-5H3/t24-,31+/m0/s1. The molecule has 1 aromatic carbocycles. The van der Waals surface area contributed by atoms with Crippen LogP contribution in [0.3, 0.4) is 0 Å². The minimum atomic E-state index is 0.0678. The molecular formula is C33H48N6O2. The van der Waals surface area contributed by atoms with Gasteiger partial charge in [0.25, 0.3) is 5.91 Å². The van der Waals surface area contributed by atoms with Crippen LogP contribution in [0, 0.1) is 19.8 Å². The Labute approximate surface area is 246 Å². The first-order chi connectivity index (χ1) is 19.7. The number of carbonyl (C=O) groups excluding carboxylic acids is 2. The number of piperazine rings is 1. The van der Waals surface area contributed by atoms with Crippen molar-refractivity contribution in [3.05, 3.63) is 59.2 Å². The number of carbonyl (C=O) groups is 2. The van der Waals surface area contributed by atoms with Crippen LogP contribution in [-0.4, -0.2) is 98.8 Å². The normalized spacial score (nSPS) is 23.4. The van der Waals surface area contributed by atoms with Crippen LogP contribution in [0.15, 0.2) is 36.7 Å². The molecule has 5 rings (SSSR count). The fourth-order valence-electron chi connectivity index (χ4n) is 7.52. The van der Waals surface area contributed by atoms with Crippen molar-refractivity contribution in [1.82, 2.24) is 29.6 Å². The van der Waals surface area contributed by atoms with Crippen molar-refractivity contribution < 1.29 is 9.59 Å². The van der Waals surface area contributed by atoms with Gasteiger partial charge in [0.1, 0.15) is 6.33 Å². The molecule has 1 aromatic heterocycles. The zero-order valence-electron chi connectivity index (χ0n) is 25.7. The number of rotatable bonds is 6. The Morgan fingerprint density at radius 3 is 2.15 bits per heavy atom. The number of piperidine rings is 2. The smallest absolute Gasteiger partial charge is 0.257 e. The Morgan fingerprint density at radius 1 is 0.927 bits per heavy atom. The van der Waals surface area contributed by atoms with Gasteiger partial charge in [-0.2, -0.15) is 0 Å². The maximum absolute atomic E-state index is 13.4. The van der Waals surface area contributed by atoms with Crippen molar-refractivity contribution in [2.24, 2.45) is 5.92 Å². The summed E-state index contributed by atoms with van der Waals surface area (Å²) < 4.78 is 0. The highest BCUT2D eigenvalue weighted by molar-refractivity contribution is 5.96. The van der Waals surface area contributed by atoms with E-state index in [1.54, 1.807) is 0 Å². The average Bonchev–Trinajstić information content (AvgIpc) is 2.99. The van der Waals surface area contributed by atoms with Crippen LogP contribution in [0.1, 0.15) is 86.2 Å². The first-order valence-electron chi connectivity index (χ1n) is 15.6. The molecule has 4 heterocycles. The highest BCUT2D eigenvalue weighted by atomic mass is 16.2. The van der Waals surface area contributed by atoms with Gasteiger partial charge >= 0.3 is 0 Å². The van der Waals surface area contributed by atoms with Gasteiger partial charge in [-0.15, -0.1) is 0 Å². The maximum Gasteiger partial charge on any atom is 0.257 e. The third-order valence-electron chi connectivity index (χ3n) is 10.2. The Morgan fingerprint density at radius 2 is 1.56 bits per heavy atom. The second-order valence-corrected chi connectivity index (χ2v) is 12.7. The summed E-state index contributed by atoms with van der Waals surface area (Å²) in [5.41, 5.74) is 3.67. The summed E-state index contributed by atoms with van der Waals surface area (Å²) in [5.74, 6) is 0.898. The van der Waals surface area contributed by atoms with Gasteiger partial charge in [-0.3, -0.25) is 19.4 Å². The predicted octanol–water partition coefficient (Wildman–Crippen LogP) is 4.48. The summed E-state index contributed by atoms with van der Waals surface area (Å²) in [6, 6.07) is 11.8. The number of amides is 2. The van der Waals surface area contributed by atoms with E-state index < -0.39 is 0 Å². The first-order valence-corrected chi connectivity index (χ1v) is 15.6. The monoisotopic (exact) mass is 560 g/mol. The lowest BCUT2D eigenvalue weighted by Gasteiger charge is -2.54. The molecule has 2 atom stereocenters. The molecule has 3 fully saturated rings.